The Morgan fingerprint density at radius 1 is 1.25 bits per heavy atom. The van der Waals surface area contributed by atoms with Gasteiger partial charge in [-0.05, 0) is 45.0 Å². The second-order valence-electron chi connectivity index (χ2n) is 4.76. The third kappa shape index (κ3) is 11.2. The lowest BCUT2D eigenvalue weighted by atomic mass is 10.1. The Hall–Kier alpha value is -2.41. The van der Waals surface area contributed by atoms with Crippen molar-refractivity contribution < 1.29 is 19.1 Å². The molecule has 1 aromatic carbocycles. The first-order chi connectivity index (χ1) is 11.4. The maximum Gasteiger partial charge on any atom is 0.251 e. The minimum Gasteiger partial charge on any atom is -0.497 e. The van der Waals surface area contributed by atoms with Crippen LogP contribution >= 0.6 is 0 Å². The molecular formula is C17H29N3O4. The molecular weight excluding hydrogens is 310 g/mol. The van der Waals surface area contributed by atoms with E-state index >= 15 is 0 Å². The zero-order valence-corrected chi connectivity index (χ0v) is 15.3. The van der Waals surface area contributed by atoms with Crippen LogP contribution in [0, 0.1) is 6.92 Å². The molecule has 1 rings (SSSR count). The molecule has 0 heterocycles. The van der Waals surface area contributed by atoms with Gasteiger partial charge in [0.15, 0.2) is 0 Å². The molecule has 3 N–H and O–H groups in total. The molecule has 0 aliphatic rings. The number of amides is 3. The van der Waals surface area contributed by atoms with Gasteiger partial charge in [-0.2, -0.15) is 0 Å². The molecule has 1 aromatic rings. The molecule has 1 atom stereocenters. The molecule has 0 fully saturated rings. The first kappa shape index (κ1) is 23.9. The van der Waals surface area contributed by atoms with Gasteiger partial charge in [0.1, 0.15) is 5.75 Å². The lowest BCUT2D eigenvalue weighted by Crippen LogP contribution is -2.19. The minimum absolute atomic E-state index is 0.0867. The Labute approximate surface area is 144 Å². The Kier molecular flexibility index (Phi) is 15.4. The topological polar surface area (TPSA) is 96.5 Å². The normalized spacial score (nSPS) is 9.92. The molecule has 7 nitrogen and oxygen atoms in total. The number of benzene rings is 1. The van der Waals surface area contributed by atoms with Gasteiger partial charge in [-0.25, -0.2) is 0 Å². The third-order valence-corrected chi connectivity index (χ3v) is 3.16. The van der Waals surface area contributed by atoms with Crippen molar-refractivity contribution >= 4 is 18.7 Å². The first-order valence-corrected chi connectivity index (χ1v) is 7.58. The molecule has 0 aliphatic heterocycles. The molecule has 0 saturated carbocycles. The smallest absolute Gasteiger partial charge is 0.251 e. The van der Waals surface area contributed by atoms with Crippen molar-refractivity contribution in [3.05, 3.63) is 29.3 Å². The number of hydrogen-bond donors (Lipinski definition) is 3. The summed E-state index contributed by atoms with van der Waals surface area (Å²) in [6.45, 7) is 6.23. The van der Waals surface area contributed by atoms with Crippen LogP contribution in [0.4, 0.5) is 0 Å². The van der Waals surface area contributed by atoms with Gasteiger partial charge < -0.3 is 20.7 Å². The summed E-state index contributed by atoms with van der Waals surface area (Å²) >= 11 is 0. The highest BCUT2D eigenvalue weighted by molar-refractivity contribution is 5.95. The predicted molar refractivity (Wildman–Crippen MR) is 95.2 cm³/mol. The SMILES string of the molecule is CCC(C)NC.CNC(=O)c1cc(OC)ccc1C.O=CNC=O. The summed E-state index contributed by atoms with van der Waals surface area (Å²) < 4.78 is 5.02. The minimum atomic E-state index is -0.0867. The lowest BCUT2D eigenvalue weighted by Gasteiger charge is -2.06. The fraction of sp³-hybridized carbons (Fsp3) is 0.471. The van der Waals surface area contributed by atoms with Crippen LogP contribution in [0.25, 0.3) is 0 Å². The monoisotopic (exact) mass is 339 g/mol. The zero-order chi connectivity index (χ0) is 19.0. The number of methoxy groups -OCH3 is 1. The van der Waals surface area contributed by atoms with E-state index in [1.54, 1.807) is 25.5 Å². The fourth-order valence-electron chi connectivity index (χ4n) is 1.34. The summed E-state index contributed by atoms with van der Waals surface area (Å²) in [4.78, 5) is 29.5. The van der Waals surface area contributed by atoms with Gasteiger partial charge in [-0.3, -0.25) is 14.4 Å². The first-order valence-electron chi connectivity index (χ1n) is 7.58. The van der Waals surface area contributed by atoms with Gasteiger partial charge in [0.25, 0.3) is 5.91 Å². The largest absolute Gasteiger partial charge is 0.497 e. The van der Waals surface area contributed by atoms with E-state index in [0.29, 0.717) is 30.2 Å². The summed E-state index contributed by atoms with van der Waals surface area (Å²) in [5, 5.41) is 7.44. The lowest BCUT2D eigenvalue weighted by molar-refractivity contribution is -0.117. The Balaban J connectivity index is 0. The highest BCUT2D eigenvalue weighted by Crippen LogP contribution is 2.16. The number of hydrogen-bond acceptors (Lipinski definition) is 5. The van der Waals surface area contributed by atoms with Crippen LogP contribution in [-0.2, 0) is 9.59 Å². The van der Waals surface area contributed by atoms with E-state index < -0.39 is 0 Å². The summed E-state index contributed by atoms with van der Waals surface area (Å²) in [6.07, 6.45) is 1.84. The molecule has 0 spiro atoms. The number of rotatable bonds is 6. The average Bonchev–Trinajstić information content (AvgIpc) is 2.62. The maximum absolute atomic E-state index is 11.3. The third-order valence-electron chi connectivity index (χ3n) is 3.16. The maximum atomic E-state index is 11.3. The van der Waals surface area contributed by atoms with Crippen LogP contribution in [-0.4, -0.2) is 46.0 Å². The van der Waals surface area contributed by atoms with Crippen LogP contribution in [0.1, 0.15) is 36.2 Å². The van der Waals surface area contributed by atoms with E-state index in [-0.39, 0.29) is 5.91 Å². The molecule has 0 bridgehead atoms. The van der Waals surface area contributed by atoms with Gasteiger partial charge in [-0.1, -0.05) is 13.0 Å². The Morgan fingerprint density at radius 2 is 1.83 bits per heavy atom. The molecule has 0 saturated heterocycles. The number of nitrogens with one attached hydrogen (secondary N) is 3. The van der Waals surface area contributed by atoms with Gasteiger partial charge in [0, 0.05) is 18.7 Å². The number of carbonyl (C=O) groups is 3. The van der Waals surface area contributed by atoms with Crippen LogP contribution < -0.4 is 20.7 Å². The average molecular weight is 339 g/mol. The van der Waals surface area contributed by atoms with Crippen molar-refractivity contribution in [2.24, 2.45) is 0 Å². The van der Waals surface area contributed by atoms with E-state index in [0.717, 1.165) is 5.56 Å². The molecule has 0 aliphatic carbocycles. The van der Waals surface area contributed by atoms with E-state index in [1.807, 2.05) is 26.1 Å². The fourth-order valence-corrected chi connectivity index (χ4v) is 1.34. The highest BCUT2D eigenvalue weighted by Gasteiger charge is 2.07. The van der Waals surface area contributed by atoms with Crippen LogP contribution in [0.3, 0.4) is 0 Å². The molecule has 0 radical (unpaired) electrons. The molecule has 24 heavy (non-hydrogen) atoms. The van der Waals surface area contributed by atoms with Crippen molar-refractivity contribution in [3.63, 3.8) is 0 Å². The second kappa shape index (κ2) is 15.5. The standard InChI is InChI=1S/C10H13NO2.C5H13N.C2H3NO2/c1-7-4-5-8(13-3)6-9(7)10(12)11-2;1-4-5(2)6-3;4-1-3-2-5/h4-6H,1-3H3,(H,11,12);5-6H,4H2,1-3H3;1-2H,(H,3,4,5). The molecule has 3 amide bonds. The predicted octanol–water partition coefficient (Wildman–Crippen LogP) is 1.26. The molecule has 0 aromatic heterocycles. The van der Waals surface area contributed by atoms with E-state index in [1.165, 1.54) is 6.42 Å². The zero-order valence-electron chi connectivity index (χ0n) is 15.3. The van der Waals surface area contributed by atoms with Crippen molar-refractivity contribution in [1.82, 2.24) is 16.0 Å². The van der Waals surface area contributed by atoms with Gasteiger partial charge in [0.05, 0.1) is 7.11 Å². The van der Waals surface area contributed by atoms with Crippen molar-refractivity contribution in [1.29, 1.82) is 0 Å². The van der Waals surface area contributed by atoms with E-state index in [2.05, 4.69) is 24.5 Å². The quantitative estimate of drug-likeness (QED) is 0.678. The van der Waals surface area contributed by atoms with Crippen molar-refractivity contribution in [2.75, 3.05) is 21.2 Å². The van der Waals surface area contributed by atoms with E-state index in [4.69, 9.17) is 14.3 Å². The number of imide groups is 1. The van der Waals surface area contributed by atoms with Crippen LogP contribution in [0.2, 0.25) is 0 Å². The van der Waals surface area contributed by atoms with Gasteiger partial charge in [-0.15, -0.1) is 0 Å². The van der Waals surface area contributed by atoms with Gasteiger partial charge >= 0.3 is 0 Å². The summed E-state index contributed by atoms with van der Waals surface area (Å²) in [5.41, 5.74) is 1.60. The number of aryl methyl sites for hydroxylation is 1. The van der Waals surface area contributed by atoms with Gasteiger partial charge in [0.2, 0.25) is 12.8 Å². The molecule has 136 valence electrons. The van der Waals surface area contributed by atoms with Crippen molar-refractivity contribution in [3.8, 4) is 5.75 Å². The second-order valence-corrected chi connectivity index (χ2v) is 4.76. The Morgan fingerprint density at radius 3 is 2.12 bits per heavy atom. The molecule has 1 unspecified atom stereocenters. The molecule has 7 heteroatoms. The number of ether oxygens (including phenoxy) is 1. The number of carbonyl (C=O) groups excluding carboxylic acids is 3. The van der Waals surface area contributed by atoms with Crippen LogP contribution in [0.5, 0.6) is 5.75 Å². The summed E-state index contributed by atoms with van der Waals surface area (Å²) in [5.74, 6) is 0.612. The van der Waals surface area contributed by atoms with E-state index in [9.17, 15) is 4.79 Å². The highest BCUT2D eigenvalue weighted by atomic mass is 16.5. The van der Waals surface area contributed by atoms with Crippen LogP contribution in [0.15, 0.2) is 18.2 Å². The Bertz CT molecular complexity index is 483. The van der Waals surface area contributed by atoms with Crippen molar-refractivity contribution in [2.45, 2.75) is 33.2 Å². The summed E-state index contributed by atoms with van der Waals surface area (Å²) in [7, 11) is 5.17. The summed E-state index contributed by atoms with van der Waals surface area (Å²) in [6, 6.07) is 6.12.